The minimum Gasteiger partial charge on any atom is -0.491 e. The number of fused-ring (bicyclic) bond motifs is 1. The summed E-state index contributed by atoms with van der Waals surface area (Å²) in [5, 5.41) is 0. The third-order valence-electron chi connectivity index (χ3n) is 4.69. The van der Waals surface area contributed by atoms with Crippen molar-refractivity contribution >= 4 is 11.6 Å². The molecule has 2 aliphatic rings. The summed E-state index contributed by atoms with van der Waals surface area (Å²) in [4.78, 5) is 25.3. The van der Waals surface area contributed by atoms with E-state index in [0.717, 1.165) is 49.0 Å². The molecule has 0 aliphatic carbocycles. The Morgan fingerprint density at radius 1 is 1.08 bits per heavy atom. The van der Waals surface area contributed by atoms with E-state index in [-0.39, 0.29) is 5.91 Å². The summed E-state index contributed by atoms with van der Waals surface area (Å²) in [7, 11) is 0. The van der Waals surface area contributed by atoms with Gasteiger partial charge in [0.15, 0.2) is 0 Å². The van der Waals surface area contributed by atoms with E-state index in [4.69, 9.17) is 9.47 Å². The number of hydrogen-bond donors (Lipinski definition) is 0. The van der Waals surface area contributed by atoms with Crippen LogP contribution in [0.2, 0.25) is 0 Å². The van der Waals surface area contributed by atoms with Crippen molar-refractivity contribution < 1.29 is 14.3 Å². The minimum absolute atomic E-state index is 0.120. The van der Waals surface area contributed by atoms with E-state index in [9.17, 15) is 4.79 Å². The molecule has 0 radical (unpaired) electrons. The lowest BCUT2D eigenvalue weighted by atomic mass is 10.1. The molecule has 0 saturated carbocycles. The Bertz CT molecular complexity index is 788. The van der Waals surface area contributed by atoms with Gasteiger partial charge in [-0.05, 0) is 25.1 Å². The van der Waals surface area contributed by atoms with Crippen LogP contribution in [0.3, 0.4) is 0 Å². The van der Waals surface area contributed by atoms with Crippen LogP contribution >= 0.6 is 0 Å². The zero-order valence-corrected chi connectivity index (χ0v) is 14.9. The molecule has 136 valence electrons. The van der Waals surface area contributed by atoms with Crippen molar-refractivity contribution in [3.63, 3.8) is 0 Å². The van der Waals surface area contributed by atoms with Crippen LogP contribution in [0, 0.1) is 6.92 Å². The van der Waals surface area contributed by atoms with Gasteiger partial charge < -0.3 is 19.3 Å². The second kappa shape index (κ2) is 7.29. The molecule has 0 spiro atoms. The molecule has 7 nitrogen and oxygen atoms in total. The van der Waals surface area contributed by atoms with Gasteiger partial charge in [0.05, 0.1) is 31.6 Å². The number of benzene rings is 1. The van der Waals surface area contributed by atoms with Crippen molar-refractivity contribution in [3.05, 3.63) is 47.5 Å². The largest absolute Gasteiger partial charge is 0.491 e. The number of amides is 1. The molecule has 1 aromatic carbocycles. The van der Waals surface area contributed by atoms with Crippen molar-refractivity contribution in [2.24, 2.45) is 0 Å². The molecule has 0 atom stereocenters. The van der Waals surface area contributed by atoms with Crippen molar-refractivity contribution in [1.82, 2.24) is 14.9 Å². The number of carbonyl (C=O) groups excluding carboxylic acids is 1. The van der Waals surface area contributed by atoms with Gasteiger partial charge in [-0.15, -0.1) is 0 Å². The number of nitrogens with zero attached hydrogens (tertiary/aromatic N) is 4. The molecule has 7 heteroatoms. The molecule has 1 aromatic heterocycles. The molecule has 1 fully saturated rings. The molecule has 1 saturated heterocycles. The lowest BCUT2D eigenvalue weighted by Gasteiger charge is -2.29. The van der Waals surface area contributed by atoms with E-state index in [0.29, 0.717) is 25.4 Å². The van der Waals surface area contributed by atoms with Crippen LogP contribution in [0.5, 0.6) is 5.75 Å². The Labute approximate surface area is 152 Å². The monoisotopic (exact) mass is 354 g/mol. The maximum atomic E-state index is 12.8. The van der Waals surface area contributed by atoms with Crippen LogP contribution < -0.4 is 9.64 Å². The van der Waals surface area contributed by atoms with E-state index < -0.39 is 0 Å². The Balaban J connectivity index is 1.56. The van der Waals surface area contributed by atoms with Crippen molar-refractivity contribution in [2.45, 2.75) is 13.5 Å². The molecule has 26 heavy (non-hydrogen) atoms. The maximum absolute atomic E-state index is 12.8. The molecule has 4 rings (SSSR count). The van der Waals surface area contributed by atoms with Gasteiger partial charge >= 0.3 is 0 Å². The van der Waals surface area contributed by atoms with Gasteiger partial charge in [0.1, 0.15) is 18.1 Å². The highest BCUT2D eigenvalue weighted by molar-refractivity contribution is 5.92. The van der Waals surface area contributed by atoms with Crippen LogP contribution in [0.4, 0.5) is 5.69 Å². The number of aromatic nitrogens is 2. The summed E-state index contributed by atoms with van der Waals surface area (Å²) >= 11 is 0. The predicted molar refractivity (Wildman–Crippen MR) is 96.5 cm³/mol. The molecular formula is C19H22N4O3. The van der Waals surface area contributed by atoms with E-state index in [1.165, 1.54) is 6.20 Å². The van der Waals surface area contributed by atoms with Gasteiger partial charge in [-0.3, -0.25) is 9.78 Å². The molecule has 0 bridgehead atoms. The van der Waals surface area contributed by atoms with Crippen molar-refractivity contribution in [1.29, 1.82) is 0 Å². The van der Waals surface area contributed by atoms with Gasteiger partial charge in [-0.1, -0.05) is 0 Å². The second-order valence-electron chi connectivity index (χ2n) is 6.51. The number of hydrogen-bond acceptors (Lipinski definition) is 6. The first-order valence-corrected chi connectivity index (χ1v) is 8.87. The predicted octanol–water partition coefficient (Wildman–Crippen LogP) is 1.66. The first-order chi connectivity index (χ1) is 12.7. The number of carbonyl (C=O) groups is 1. The highest BCUT2D eigenvalue weighted by atomic mass is 16.5. The molecule has 2 aromatic rings. The molecular weight excluding hydrogens is 332 g/mol. The zero-order valence-electron chi connectivity index (χ0n) is 14.9. The van der Waals surface area contributed by atoms with Crippen LogP contribution in [-0.2, 0) is 11.3 Å². The molecule has 3 heterocycles. The van der Waals surface area contributed by atoms with Gasteiger partial charge in [0.25, 0.3) is 5.91 Å². The average molecular weight is 354 g/mol. The van der Waals surface area contributed by atoms with Crippen LogP contribution in [0.25, 0.3) is 0 Å². The fraction of sp³-hybridized carbons (Fsp3) is 0.421. The van der Waals surface area contributed by atoms with Gasteiger partial charge in [0, 0.05) is 37.1 Å². The quantitative estimate of drug-likeness (QED) is 0.817. The SMILES string of the molecule is Cc1cnc(C(=O)N2CCOc3ccc(N4CCOCC4)cc3C2)cn1. The Hall–Kier alpha value is -2.67. The van der Waals surface area contributed by atoms with E-state index in [2.05, 4.69) is 27.0 Å². The zero-order chi connectivity index (χ0) is 17.9. The second-order valence-corrected chi connectivity index (χ2v) is 6.51. The van der Waals surface area contributed by atoms with Gasteiger partial charge in [-0.2, -0.15) is 0 Å². The van der Waals surface area contributed by atoms with E-state index >= 15 is 0 Å². The van der Waals surface area contributed by atoms with Gasteiger partial charge in [0.2, 0.25) is 0 Å². The lowest BCUT2D eigenvalue weighted by molar-refractivity contribution is 0.0727. The summed E-state index contributed by atoms with van der Waals surface area (Å²) < 4.78 is 11.3. The van der Waals surface area contributed by atoms with E-state index in [1.54, 1.807) is 11.1 Å². The highest BCUT2D eigenvalue weighted by Crippen LogP contribution is 2.29. The summed E-state index contributed by atoms with van der Waals surface area (Å²) in [5.74, 6) is 0.720. The van der Waals surface area contributed by atoms with Gasteiger partial charge in [-0.25, -0.2) is 4.98 Å². The first-order valence-electron chi connectivity index (χ1n) is 8.87. The summed E-state index contributed by atoms with van der Waals surface area (Å²) in [6, 6.07) is 6.19. The van der Waals surface area contributed by atoms with Crippen LogP contribution in [0.1, 0.15) is 21.7 Å². The number of aryl methyl sites for hydroxylation is 1. The normalized spacial score (nSPS) is 17.3. The number of ether oxygens (including phenoxy) is 2. The fourth-order valence-corrected chi connectivity index (χ4v) is 3.24. The summed E-state index contributed by atoms with van der Waals surface area (Å²) in [6.45, 7) is 6.58. The van der Waals surface area contributed by atoms with Crippen LogP contribution in [0.15, 0.2) is 30.6 Å². The topological polar surface area (TPSA) is 67.8 Å². The lowest BCUT2D eigenvalue weighted by Crippen LogP contribution is -2.36. The molecule has 0 N–H and O–H groups in total. The third kappa shape index (κ3) is 3.48. The maximum Gasteiger partial charge on any atom is 0.274 e. The standard InChI is InChI=1S/C19H22N4O3/c1-14-11-21-17(12-20-14)19(24)23-6-9-26-18-3-2-16(10-15(18)13-23)22-4-7-25-8-5-22/h2-3,10-12H,4-9,13H2,1H3. The number of anilines is 1. The van der Waals surface area contributed by atoms with Crippen molar-refractivity contribution in [3.8, 4) is 5.75 Å². The highest BCUT2D eigenvalue weighted by Gasteiger charge is 2.23. The summed E-state index contributed by atoms with van der Waals surface area (Å²) in [5.41, 5.74) is 3.31. The average Bonchev–Trinajstić information content (AvgIpc) is 2.90. The smallest absolute Gasteiger partial charge is 0.274 e. The minimum atomic E-state index is -0.120. The summed E-state index contributed by atoms with van der Waals surface area (Å²) in [6.07, 6.45) is 3.15. The molecule has 1 amide bonds. The van der Waals surface area contributed by atoms with Crippen LogP contribution in [-0.4, -0.2) is 60.2 Å². The third-order valence-corrected chi connectivity index (χ3v) is 4.69. The Kier molecular flexibility index (Phi) is 4.71. The molecule has 0 unspecified atom stereocenters. The fourth-order valence-electron chi connectivity index (χ4n) is 3.24. The molecule has 2 aliphatic heterocycles. The van der Waals surface area contributed by atoms with Crippen molar-refractivity contribution in [2.75, 3.05) is 44.4 Å². The number of morpholine rings is 1. The Morgan fingerprint density at radius 3 is 2.69 bits per heavy atom. The number of rotatable bonds is 2. The van der Waals surface area contributed by atoms with E-state index in [1.807, 2.05) is 13.0 Å². The Morgan fingerprint density at radius 2 is 1.92 bits per heavy atom. The first kappa shape index (κ1) is 16.8.